The molecule has 14 heavy (non-hydrogen) atoms. The molecule has 0 saturated heterocycles. The lowest BCUT2D eigenvalue weighted by Crippen LogP contribution is -2.25. The lowest BCUT2D eigenvalue weighted by molar-refractivity contribution is 0.754. The highest BCUT2D eigenvalue weighted by Crippen LogP contribution is 2.19. The van der Waals surface area contributed by atoms with Gasteiger partial charge >= 0.3 is 0 Å². The van der Waals surface area contributed by atoms with Crippen LogP contribution in [0.3, 0.4) is 0 Å². The second kappa shape index (κ2) is 4.47. The fraction of sp³-hybridized carbons (Fsp3) is 0.500. The highest BCUT2D eigenvalue weighted by molar-refractivity contribution is 5.50. The largest absolute Gasteiger partial charge is 0.372 e. The fourth-order valence-corrected chi connectivity index (χ4v) is 1.43. The van der Waals surface area contributed by atoms with Crippen LogP contribution in [0, 0.1) is 6.92 Å². The molecule has 0 radical (unpaired) electrons. The summed E-state index contributed by atoms with van der Waals surface area (Å²) in [6.45, 7) is 7.11. The number of anilines is 1. The van der Waals surface area contributed by atoms with Crippen molar-refractivity contribution in [1.29, 1.82) is 0 Å². The molecule has 0 aliphatic carbocycles. The van der Waals surface area contributed by atoms with Crippen molar-refractivity contribution < 1.29 is 0 Å². The maximum atomic E-state index is 5.62. The second-order valence-corrected chi connectivity index (χ2v) is 4.02. The maximum absolute atomic E-state index is 5.62. The van der Waals surface area contributed by atoms with Crippen LogP contribution in [-0.4, -0.2) is 13.1 Å². The van der Waals surface area contributed by atoms with Gasteiger partial charge in [-0.25, -0.2) is 0 Å². The summed E-state index contributed by atoms with van der Waals surface area (Å²) in [5.41, 5.74) is 9.39. The third-order valence-corrected chi connectivity index (χ3v) is 2.73. The number of nitrogens with two attached hydrogens (primary N) is 1. The molecule has 0 unspecified atom stereocenters. The molecular formula is C12H20N2. The first-order valence-corrected chi connectivity index (χ1v) is 5.08. The molecule has 0 fully saturated rings. The molecule has 0 amide bonds. The Balaban J connectivity index is 2.96. The minimum Gasteiger partial charge on any atom is -0.372 e. The van der Waals surface area contributed by atoms with Crippen LogP contribution in [0.25, 0.3) is 0 Å². The zero-order valence-corrected chi connectivity index (χ0v) is 9.54. The molecule has 1 aromatic carbocycles. The Kier molecular flexibility index (Phi) is 3.53. The van der Waals surface area contributed by atoms with Gasteiger partial charge in [0.15, 0.2) is 0 Å². The molecule has 0 heterocycles. The minimum atomic E-state index is 0.526. The minimum absolute atomic E-state index is 0.526. The van der Waals surface area contributed by atoms with Gasteiger partial charge in [0.2, 0.25) is 0 Å². The van der Waals surface area contributed by atoms with E-state index in [0.717, 1.165) is 0 Å². The monoisotopic (exact) mass is 192 g/mol. The zero-order valence-electron chi connectivity index (χ0n) is 9.54. The van der Waals surface area contributed by atoms with E-state index < -0.39 is 0 Å². The Morgan fingerprint density at radius 2 is 2.00 bits per heavy atom. The topological polar surface area (TPSA) is 29.3 Å². The van der Waals surface area contributed by atoms with Crippen LogP contribution in [0.2, 0.25) is 0 Å². The number of benzene rings is 1. The van der Waals surface area contributed by atoms with Gasteiger partial charge in [-0.2, -0.15) is 0 Å². The summed E-state index contributed by atoms with van der Waals surface area (Å²) in [4.78, 5) is 2.26. The summed E-state index contributed by atoms with van der Waals surface area (Å²) in [6.07, 6.45) is 0. The van der Waals surface area contributed by atoms with Crippen LogP contribution < -0.4 is 10.6 Å². The molecule has 0 aromatic heterocycles. The van der Waals surface area contributed by atoms with E-state index in [1.807, 2.05) is 0 Å². The van der Waals surface area contributed by atoms with Crippen LogP contribution in [0.1, 0.15) is 25.0 Å². The van der Waals surface area contributed by atoms with Crippen molar-refractivity contribution in [1.82, 2.24) is 0 Å². The maximum Gasteiger partial charge on any atom is 0.0368 e. The van der Waals surface area contributed by atoms with Crippen molar-refractivity contribution >= 4 is 5.69 Å². The summed E-state index contributed by atoms with van der Waals surface area (Å²) >= 11 is 0. The third kappa shape index (κ3) is 2.26. The lowest BCUT2D eigenvalue weighted by Gasteiger charge is -2.24. The van der Waals surface area contributed by atoms with Gasteiger partial charge in [0.05, 0.1) is 0 Å². The average Bonchev–Trinajstić information content (AvgIpc) is 2.16. The van der Waals surface area contributed by atoms with Gasteiger partial charge in [-0.15, -0.1) is 0 Å². The van der Waals surface area contributed by atoms with E-state index in [-0.39, 0.29) is 0 Å². The first kappa shape index (κ1) is 11.1. The summed E-state index contributed by atoms with van der Waals surface area (Å²) in [7, 11) is 2.11. The van der Waals surface area contributed by atoms with E-state index in [1.54, 1.807) is 0 Å². The van der Waals surface area contributed by atoms with Crippen molar-refractivity contribution in [2.45, 2.75) is 33.4 Å². The molecule has 0 aliphatic rings. The van der Waals surface area contributed by atoms with Crippen molar-refractivity contribution in [3.8, 4) is 0 Å². The smallest absolute Gasteiger partial charge is 0.0368 e. The van der Waals surface area contributed by atoms with Gasteiger partial charge in [0, 0.05) is 25.3 Å². The number of nitrogens with zero attached hydrogens (tertiary/aromatic N) is 1. The lowest BCUT2D eigenvalue weighted by atomic mass is 10.1. The summed E-state index contributed by atoms with van der Waals surface area (Å²) in [6, 6.07) is 6.97. The summed E-state index contributed by atoms with van der Waals surface area (Å²) in [5, 5.41) is 0. The van der Waals surface area contributed by atoms with Crippen LogP contribution in [0.5, 0.6) is 0 Å². The van der Waals surface area contributed by atoms with Crippen LogP contribution in [0.4, 0.5) is 5.69 Å². The Labute approximate surface area is 86.7 Å². The van der Waals surface area contributed by atoms with Gasteiger partial charge in [-0.3, -0.25) is 0 Å². The number of hydrogen-bond donors (Lipinski definition) is 1. The number of aryl methyl sites for hydroxylation is 1. The third-order valence-electron chi connectivity index (χ3n) is 2.73. The highest BCUT2D eigenvalue weighted by atomic mass is 15.1. The Morgan fingerprint density at radius 1 is 1.36 bits per heavy atom. The van der Waals surface area contributed by atoms with Crippen molar-refractivity contribution in [2.75, 3.05) is 11.9 Å². The van der Waals surface area contributed by atoms with E-state index in [2.05, 4.69) is 50.9 Å². The van der Waals surface area contributed by atoms with E-state index in [9.17, 15) is 0 Å². The fourth-order valence-electron chi connectivity index (χ4n) is 1.43. The second-order valence-electron chi connectivity index (χ2n) is 4.02. The molecule has 2 heteroatoms. The first-order chi connectivity index (χ1) is 6.56. The molecule has 0 spiro atoms. The van der Waals surface area contributed by atoms with Gasteiger partial charge in [-0.1, -0.05) is 6.07 Å². The van der Waals surface area contributed by atoms with Crippen molar-refractivity contribution in [3.05, 3.63) is 29.3 Å². The normalized spacial score (nSPS) is 10.7. The molecule has 78 valence electrons. The number of rotatable bonds is 3. The standard InChI is InChI=1S/C12H20N2/c1-9(2)14(4)12-6-5-11(8-13)10(3)7-12/h5-7,9H,8,13H2,1-4H3. The summed E-state index contributed by atoms with van der Waals surface area (Å²) < 4.78 is 0. The number of hydrogen-bond acceptors (Lipinski definition) is 2. The molecule has 0 saturated carbocycles. The predicted octanol–water partition coefficient (Wildman–Crippen LogP) is 2.30. The van der Waals surface area contributed by atoms with E-state index in [1.165, 1.54) is 16.8 Å². The zero-order chi connectivity index (χ0) is 10.7. The molecule has 0 atom stereocenters. The van der Waals surface area contributed by atoms with Gasteiger partial charge in [-0.05, 0) is 44.0 Å². The van der Waals surface area contributed by atoms with Crippen LogP contribution >= 0.6 is 0 Å². The highest BCUT2D eigenvalue weighted by Gasteiger charge is 2.05. The Hall–Kier alpha value is -1.02. The molecule has 2 N–H and O–H groups in total. The average molecular weight is 192 g/mol. The molecular weight excluding hydrogens is 172 g/mol. The van der Waals surface area contributed by atoms with Gasteiger partial charge in [0.25, 0.3) is 0 Å². The van der Waals surface area contributed by atoms with E-state index >= 15 is 0 Å². The Morgan fingerprint density at radius 3 is 2.43 bits per heavy atom. The van der Waals surface area contributed by atoms with Crippen molar-refractivity contribution in [2.24, 2.45) is 5.73 Å². The molecule has 1 aromatic rings. The molecule has 2 nitrogen and oxygen atoms in total. The van der Waals surface area contributed by atoms with Gasteiger partial charge < -0.3 is 10.6 Å². The summed E-state index contributed by atoms with van der Waals surface area (Å²) in [5.74, 6) is 0. The van der Waals surface area contributed by atoms with Crippen LogP contribution in [-0.2, 0) is 6.54 Å². The quantitative estimate of drug-likeness (QED) is 0.796. The first-order valence-electron chi connectivity index (χ1n) is 5.08. The van der Waals surface area contributed by atoms with E-state index in [0.29, 0.717) is 12.6 Å². The Bertz CT molecular complexity index is 305. The molecule has 0 bridgehead atoms. The molecule has 0 aliphatic heterocycles. The van der Waals surface area contributed by atoms with Crippen molar-refractivity contribution in [3.63, 3.8) is 0 Å². The molecule has 1 rings (SSSR count). The predicted molar refractivity (Wildman–Crippen MR) is 62.6 cm³/mol. The van der Waals surface area contributed by atoms with Gasteiger partial charge in [0.1, 0.15) is 0 Å². The van der Waals surface area contributed by atoms with E-state index in [4.69, 9.17) is 5.73 Å². The SMILES string of the molecule is Cc1cc(N(C)C(C)C)ccc1CN. The van der Waals surface area contributed by atoms with Crippen LogP contribution in [0.15, 0.2) is 18.2 Å².